The first-order chi connectivity index (χ1) is 6.05. The average molecular weight is 207 g/mol. The van der Waals surface area contributed by atoms with E-state index >= 15 is 0 Å². The van der Waals surface area contributed by atoms with Crippen molar-refractivity contribution in [1.82, 2.24) is 4.90 Å². The van der Waals surface area contributed by atoms with Crippen LogP contribution in [0.3, 0.4) is 0 Å². The number of sulfone groups is 1. The summed E-state index contributed by atoms with van der Waals surface area (Å²) in [6, 6.07) is 0.195. The molecule has 0 aromatic carbocycles. The number of rotatable bonds is 4. The summed E-state index contributed by atoms with van der Waals surface area (Å²) >= 11 is 0. The summed E-state index contributed by atoms with van der Waals surface area (Å²) < 4.78 is 27.3. The third-order valence-corrected chi connectivity index (χ3v) is 4.23. The fourth-order valence-electron chi connectivity index (χ4n) is 1.54. The third-order valence-electron chi connectivity index (χ3n) is 2.48. The van der Waals surface area contributed by atoms with Crippen molar-refractivity contribution in [3.8, 4) is 0 Å². The lowest BCUT2D eigenvalue weighted by atomic mass is 10.2. The molecule has 0 bridgehead atoms. The molecule has 0 spiro atoms. The molecule has 0 aromatic rings. The summed E-state index contributed by atoms with van der Waals surface area (Å²) in [6.45, 7) is 1.46. The van der Waals surface area contributed by atoms with Crippen molar-refractivity contribution >= 4 is 9.84 Å². The van der Waals surface area contributed by atoms with Gasteiger partial charge in [-0.3, -0.25) is 0 Å². The molecule has 1 fully saturated rings. The molecule has 0 aliphatic carbocycles. The Hall–Kier alpha value is -0.130. The summed E-state index contributed by atoms with van der Waals surface area (Å²) in [6.07, 6.45) is 0.766. The van der Waals surface area contributed by atoms with E-state index in [9.17, 15) is 8.42 Å². The highest BCUT2D eigenvalue weighted by molar-refractivity contribution is 7.91. The van der Waals surface area contributed by atoms with Crippen molar-refractivity contribution in [2.45, 2.75) is 12.5 Å². The molecular weight excluding hydrogens is 190 g/mol. The van der Waals surface area contributed by atoms with Crippen LogP contribution < -0.4 is 0 Å². The minimum Gasteiger partial charge on any atom is -0.383 e. The van der Waals surface area contributed by atoms with Gasteiger partial charge in [0.25, 0.3) is 0 Å². The molecule has 1 atom stereocenters. The van der Waals surface area contributed by atoms with Gasteiger partial charge in [0.1, 0.15) is 0 Å². The van der Waals surface area contributed by atoms with Crippen molar-refractivity contribution in [2.24, 2.45) is 0 Å². The van der Waals surface area contributed by atoms with Crippen LogP contribution in [0.25, 0.3) is 0 Å². The zero-order valence-corrected chi connectivity index (χ0v) is 9.01. The molecule has 78 valence electrons. The Balaban J connectivity index is 2.37. The van der Waals surface area contributed by atoms with E-state index < -0.39 is 9.84 Å². The van der Waals surface area contributed by atoms with Crippen LogP contribution in [-0.4, -0.2) is 58.2 Å². The molecule has 1 aliphatic rings. The molecule has 0 N–H and O–H groups in total. The van der Waals surface area contributed by atoms with Gasteiger partial charge in [0.2, 0.25) is 0 Å². The predicted octanol–water partition coefficient (Wildman–Crippen LogP) is -0.248. The monoisotopic (exact) mass is 207 g/mol. The van der Waals surface area contributed by atoms with E-state index in [0.29, 0.717) is 18.1 Å². The van der Waals surface area contributed by atoms with E-state index in [4.69, 9.17) is 4.74 Å². The number of hydrogen-bond acceptors (Lipinski definition) is 4. The maximum absolute atomic E-state index is 11.2. The molecule has 1 saturated heterocycles. The van der Waals surface area contributed by atoms with E-state index in [1.807, 2.05) is 7.05 Å². The van der Waals surface area contributed by atoms with Crippen molar-refractivity contribution in [3.63, 3.8) is 0 Å². The Labute approximate surface area is 79.8 Å². The molecule has 0 aromatic heterocycles. The maximum Gasteiger partial charge on any atom is 0.151 e. The van der Waals surface area contributed by atoms with Gasteiger partial charge < -0.3 is 9.64 Å². The molecule has 4 nitrogen and oxygen atoms in total. The third kappa shape index (κ3) is 3.25. The van der Waals surface area contributed by atoms with Crippen molar-refractivity contribution in [1.29, 1.82) is 0 Å². The molecule has 5 heteroatoms. The molecule has 0 saturated carbocycles. The first-order valence-electron chi connectivity index (χ1n) is 4.45. The van der Waals surface area contributed by atoms with Crippen LogP contribution in [0.15, 0.2) is 0 Å². The van der Waals surface area contributed by atoms with Crippen LogP contribution in [0, 0.1) is 0 Å². The number of ether oxygens (including phenoxy) is 1. The van der Waals surface area contributed by atoms with Gasteiger partial charge in [-0.2, -0.15) is 0 Å². The molecule has 1 aliphatic heterocycles. The van der Waals surface area contributed by atoms with E-state index in [2.05, 4.69) is 4.90 Å². The van der Waals surface area contributed by atoms with Gasteiger partial charge in [-0.25, -0.2) is 8.42 Å². The lowest BCUT2D eigenvalue weighted by Gasteiger charge is -2.22. The zero-order valence-electron chi connectivity index (χ0n) is 8.19. The highest BCUT2D eigenvalue weighted by Crippen LogP contribution is 2.15. The Morgan fingerprint density at radius 2 is 2.23 bits per heavy atom. The molecule has 0 amide bonds. The van der Waals surface area contributed by atoms with E-state index in [1.54, 1.807) is 7.11 Å². The lowest BCUT2D eigenvalue weighted by molar-refractivity contribution is 0.144. The fraction of sp³-hybridized carbons (Fsp3) is 1.00. The van der Waals surface area contributed by atoms with Crippen LogP contribution in [0.4, 0.5) is 0 Å². The Bertz CT molecular complexity index is 250. The van der Waals surface area contributed by atoms with Gasteiger partial charge in [-0.1, -0.05) is 0 Å². The first kappa shape index (κ1) is 10.9. The van der Waals surface area contributed by atoms with Gasteiger partial charge in [-0.15, -0.1) is 0 Å². The van der Waals surface area contributed by atoms with Gasteiger partial charge in [0.05, 0.1) is 18.1 Å². The topological polar surface area (TPSA) is 46.6 Å². The average Bonchev–Trinajstić information content (AvgIpc) is 2.42. The van der Waals surface area contributed by atoms with E-state index in [0.717, 1.165) is 13.0 Å². The summed E-state index contributed by atoms with van der Waals surface area (Å²) in [7, 11) is 0.853. The van der Waals surface area contributed by atoms with Crippen molar-refractivity contribution in [2.75, 3.05) is 38.8 Å². The molecule has 1 rings (SSSR count). The largest absolute Gasteiger partial charge is 0.383 e. The van der Waals surface area contributed by atoms with Gasteiger partial charge >= 0.3 is 0 Å². The van der Waals surface area contributed by atoms with Gasteiger partial charge in [-0.05, 0) is 13.5 Å². The normalized spacial score (nSPS) is 26.8. The SMILES string of the molecule is COCCN(C)C1CCS(=O)(=O)C1. The quantitative estimate of drug-likeness (QED) is 0.638. The smallest absolute Gasteiger partial charge is 0.151 e. The summed E-state index contributed by atoms with van der Waals surface area (Å²) in [5, 5.41) is 0. The first-order valence-corrected chi connectivity index (χ1v) is 6.27. The van der Waals surface area contributed by atoms with Crippen LogP contribution >= 0.6 is 0 Å². The Kier molecular flexibility index (Phi) is 3.70. The second-order valence-electron chi connectivity index (χ2n) is 3.53. The van der Waals surface area contributed by atoms with Gasteiger partial charge in [0, 0.05) is 19.7 Å². The number of likely N-dealkylation sites (N-methyl/N-ethyl adjacent to an activating group) is 1. The van der Waals surface area contributed by atoms with Crippen molar-refractivity contribution in [3.05, 3.63) is 0 Å². The van der Waals surface area contributed by atoms with Crippen LogP contribution in [0.1, 0.15) is 6.42 Å². The Morgan fingerprint density at radius 3 is 2.69 bits per heavy atom. The van der Waals surface area contributed by atoms with Crippen LogP contribution in [-0.2, 0) is 14.6 Å². The number of hydrogen-bond donors (Lipinski definition) is 0. The van der Waals surface area contributed by atoms with E-state index in [1.165, 1.54) is 0 Å². The molecule has 1 heterocycles. The summed E-state index contributed by atoms with van der Waals surface area (Å²) in [5.74, 6) is 0.655. The number of methoxy groups -OCH3 is 1. The predicted molar refractivity (Wildman–Crippen MR) is 51.6 cm³/mol. The van der Waals surface area contributed by atoms with E-state index in [-0.39, 0.29) is 6.04 Å². The second-order valence-corrected chi connectivity index (χ2v) is 5.76. The Morgan fingerprint density at radius 1 is 1.54 bits per heavy atom. The van der Waals surface area contributed by atoms with Crippen molar-refractivity contribution < 1.29 is 13.2 Å². The highest BCUT2D eigenvalue weighted by atomic mass is 32.2. The van der Waals surface area contributed by atoms with Gasteiger partial charge in [0.15, 0.2) is 9.84 Å². The summed E-state index contributed by atoms with van der Waals surface area (Å²) in [5.41, 5.74) is 0. The van der Waals surface area contributed by atoms with Crippen LogP contribution in [0.5, 0.6) is 0 Å². The molecular formula is C8H17NO3S. The number of nitrogens with zero attached hydrogens (tertiary/aromatic N) is 1. The fourth-order valence-corrected chi connectivity index (χ4v) is 3.35. The van der Waals surface area contributed by atoms with Crippen LogP contribution in [0.2, 0.25) is 0 Å². The summed E-state index contributed by atoms with van der Waals surface area (Å²) in [4.78, 5) is 2.06. The minimum absolute atomic E-state index is 0.195. The second kappa shape index (κ2) is 4.39. The maximum atomic E-state index is 11.2. The molecule has 1 unspecified atom stereocenters. The lowest BCUT2D eigenvalue weighted by Crippen LogP contribution is -2.34. The highest BCUT2D eigenvalue weighted by Gasteiger charge is 2.30. The molecule has 0 radical (unpaired) electrons. The molecule has 13 heavy (non-hydrogen) atoms. The standard InChI is InChI=1S/C8H17NO3S/c1-9(4-5-12-2)8-3-6-13(10,11)7-8/h8H,3-7H2,1-2H3. The minimum atomic E-state index is -2.75. The zero-order chi connectivity index (χ0) is 9.90.